The zero-order valence-corrected chi connectivity index (χ0v) is 12.0. The maximum absolute atomic E-state index is 9.43. The van der Waals surface area contributed by atoms with E-state index in [1.165, 1.54) is 0 Å². The summed E-state index contributed by atoms with van der Waals surface area (Å²) in [6, 6.07) is 8.04. The van der Waals surface area contributed by atoms with E-state index in [-0.39, 0.29) is 0 Å². The molecule has 21 heavy (non-hydrogen) atoms. The summed E-state index contributed by atoms with van der Waals surface area (Å²) in [5, 5.41) is 9.43. The third-order valence-electron chi connectivity index (χ3n) is 3.80. The number of hydrogen-bond acceptors (Lipinski definition) is 5. The molecule has 5 nitrogen and oxygen atoms in total. The second-order valence-corrected chi connectivity index (χ2v) is 5.23. The number of hydrogen-bond donors (Lipinski definition) is 0. The van der Waals surface area contributed by atoms with Crippen molar-refractivity contribution >= 4 is 5.82 Å². The summed E-state index contributed by atoms with van der Waals surface area (Å²) in [4.78, 5) is 13.0. The van der Waals surface area contributed by atoms with Gasteiger partial charge in [0.1, 0.15) is 11.9 Å². The minimum Gasteiger partial charge on any atom is -0.353 e. The maximum atomic E-state index is 9.43. The maximum Gasteiger partial charge on any atom is 0.146 e. The number of pyridine rings is 2. The zero-order valence-electron chi connectivity index (χ0n) is 12.0. The highest BCUT2D eigenvalue weighted by molar-refractivity contribution is 5.68. The molecule has 0 unspecified atom stereocenters. The molecule has 1 aliphatic heterocycles. The molecule has 0 atom stereocenters. The molecule has 3 heterocycles. The van der Waals surface area contributed by atoms with Crippen LogP contribution in [0.2, 0.25) is 0 Å². The van der Waals surface area contributed by atoms with Crippen molar-refractivity contribution in [2.24, 2.45) is 0 Å². The fourth-order valence-electron chi connectivity index (χ4n) is 2.51. The van der Waals surface area contributed by atoms with Crippen LogP contribution in [0, 0.1) is 11.3 Å². The molecule has 1 aliphatic rings. The summed E-state index contributed by atoms with van der Waals surface area (Å²) in [5.74, 6) is 0.795. The van der Waals surface area contributed by atoms with Crippen molar-refractivity contribution in [2.45, 2.75) is 0 Å². The average Bonchev–Trinajstić information content (AvgIpc) is 2.56. The van der Waals surface area contributed by atoms with Gasteiger partial charge >= 0.3 is 0 Å². The summed E-state index contributed by atoms with van der Waals surface area (Å²) in [7, 11) is 2.11. The lowest BCUT2D eigenvalue weighted by molar-refractivity contribution is 0.312. The fourth-order valence-corrected chi connectivity index (χ4v) is 2.51. The van der Waals surface area contributed by atoms with Crippen molar-refractivity contribution in [1.29, 1.82) is 5.26 Å². The monoisotopic (exact) mass is 279 g/mol. The molecule has 0 saturated carbocycles. The SMILES string of the molecule is CN1CCN(c2ncc(-c3ccncc3)cc2C#N)CC1. The molecule has 3 rings (SSSR count). The van der Waals surface area contributed by atoms with Gasteiger partial charge in [-0.1, -0.05) is 0 Å². The number of nitriles is 1. The van der Waals surface area contributed by atoms with E-state index in [0.717, 1.165) is 43.1 Å². The molecule has 2 aromatic heterocycles. The number of nitrogens with zero attached hydrogens (tertiary/aromatic N) is 5. The van der Waals surface area contributed by atoms with Crippen LogP contribution in [0.3, 0.4) is 0 Å². The Morgan fingerprint density at radius 2 is 1.81 bits per heavy atom. The molecule has 0 radical (unpaired) electrons. The van der Waals surface area contributed by atoms with Gasteiger partial charge in [0.05, 0.1) is 5.56 Å². The Morgan fingerprint density at radius 1 is 1.10 bits per heavy atom. The smallest absolute Gasteiger partial charge is 0.146 e. The quantitative estimate of drug-likeness (QED) is 0.838. The third kappa shape index (κ3) is 2.86. The first-order chi connectivity index (χ1) is 10.3. The summed E-state index contributed by atoms with van der Waals surface area (Å²) in [6.07, 6.45) is 5.33. The Morgan fingerprint density at radius 3 is 2.48 bits per heavy atom. The van der Waals surface area contributed by atoms with E-state index in [9.17, 15) is 5.26 Å². The van der Waals surface area contributed by atoms with Crippen LogP contribution in [0.4, 0.5) is 5.82 Å². The van der Waals surface area contributed by atoms with Crippen molar-refractivity contribution in [1.82, 2.24) is 14.9 Å². The average molecular weight is 279 g/mol. The minimum absolute atomic E-state index is 0.633. The first-order valence-corrected chi connectivity index (χ1v) is 7.02. The molecule has 0 spiro atoms. The topological polar surface area (TPSA) is 56.1 Å². The van der Waals surface area contributed by atoms with Crippen molar-refractivity contribution in [2.75, 3.05) is 38.1 Å². The molecular formula is C16H17N5. The highest BCUT2D eigenvalue weighted by Gasteiger charge is 2.18. The predicted octanol–water partition coefficient (Wildman–Crippen LogP) is 1.77. The van der Waals surface area contributed by atoms with Gasteiger partial charge in [0.15, 0.2) is 0 Å². The van der Waals surface area contributed by atoms with Gasteiger partial charge in [-0.25, -0.2) is 4.98 Å². The summed E-state index contributed by atoms with van der Waals surface area (Å²) in [6.45, 7) is 3.82. The van der Waals surface area contributed by atoms with Crippen LogP contribution >= 0.6 is 0 Å². The van der Waals surface area contributed by atoms with Gasteiger partial charge < -0.3 is 9.80 Å². The number of anilines is 1. The Hall–Kier alpha value is -2.45. The highest BCUT2D eigenvalue weighted by atomic mass is 15.3. The zero-order chi connectivity index (χ0) is 14.7. The molecule has 0 bridgehead atoms. The van der Waals surface area contributed by atoms with Crippen LogP contribution in [0.15, 0.2) is 36.8 Å². The predicted molar refractivity (Wildman–Crippen MR) is 81.9 cm³/mol. The Balaban J connectivity index is 1.92. The molecule has 0 aliphatic carbocycles. The van der Waals surface area contributed by atoms with Gasteiger partial charge in [-0.2, -0.15) is 5.26 Å². The lowest BCUT2D eigenvalue weighted by Crippen LogP contribution is -2.45. The van der Waals surface area contributed by atoms with Crippen LogP contribution in [-0.4, -0.2) is 48.1 Å². The number of piperazine rings is 1. The molecule has 0 aromatic carbocycles. The van der Waals surface area contributed by atoms with E-state index >= 15 is 0 Å². The van der Waals surface area contributed by atoms with Crippen molar-refractivity contribution < 1.29 is 0 Å². The van der Waals surface area contributed by atoms with Crippen LogP contribution in [0.5, 0.6) is 0 Å². The molecule has 106 valence electrons. The number of rotatable bonds is 2. The minimum atomic E-state index is 0.633. The van der Waals surface area contributed by atoms with Crippen molar-refractivity contribution in [3.63, 3.8) is 0 Å². The molecule has 1 fully saturated rings. The Bertz CT molecular complexity index is 654. The van der Waals surface area contributed by atoms with E-state index < -0.39 is 0 Å². The second-order valence-electron chi connectivity index (χ2n) is 5.23. The van der Waals surface area contributed by atoms with Crippen molar-refractivity contribution in [3.05, 3.63) is 42.4 Å². The van der Waals surface area contributed by atoms with Gasteiger partial charge in [-0.05, 0) is 30.8 Å². The molecule has 0 N–H and O–H groups in total. The molecule has 2 aromatic rings. The lowest BCUT2D eigenvalue weighted by Gasteiger charge is -2.33. The van der Waals surface area contributed by atoms with Gasteiger partial charge in [-0.15, -0.1) is 0 Å². The Labute approximate surface area is 124 Å². The normalized spacial score (nSPS) is 15.7. The van der Waals surface area contributed by atoms with E-state index in [1.54, 1.807) is 12.4 Å². The largest absolute Gasteiger partial charge is 0.353 e. The van der Waals surface area contributed by atoms with Crippen LogP contribution < -0.4 is 4.90 Å². The van der Waals surface area contributed by atoms with Gasteiger partial charge in [0.2, 0.25) is 0 Å². The molecule has 1 saturated heterocycles. The lowest BCUT2D eigenvalue weighted by atomic mass is 10.1. The fraction of sp³-hybridized carbons (Fsp3) is 0.312. The van der Waals surface area contributed by atoms with Crippen molar-refractivity contribution in [3.8, 4) is 17.2 Å². The van der Waals surface area contributed by atoms with Gasteiger partial charge in [-0.3, -0.25) is 4.98 Å². The van der Waals surface area contributed by atoms with E-state index in [2.05, 4.69) is 32.9 Å². The third-order valence-corrected chi connectivity index (χ3v) is 3.80. The van der Waals surface area contributed by atoms with Gasteiger partial charge in [0, 0.05) is 50.3 Å². The Kier molecular flexibility index (Phi) is 3.80. The standard InChI is InChI=1S/C16H17N5/c1-20-6-8-21(9-7-20)16-14(11-17)10-15(12-19-16)13-2-4-18-5-3-13/h2-5,10,12H,6-9H2,1H3. The number of likely N-dealkylation sites (N-methyl/N-ethyl adjacent to an activating group) is 1. The van der Waals surface area contributed by atoms with Crippen LogP contribution in [0.25, 0.3) is 11.1 Å². The first kappa shape index (κ1) is 13.5. The number of aromatic nitrogens is 2. The summed E-state index contributed by atoms with van der Waals surface area (Å²) in [5.41, 5.74) is 2.61. The summed E-state index contributed by atoms with van der Waals surface area (Å²) >= 11 is 0. The molecular weight excluding hydrogens is 262 g/mol. The molecule has 0 amide bonds. The van der Waals surface area contributed by atoms with Crippen LogP contribution in [0.1, 0.15) is 5.56 Å². The van der Waals surface area contributed by atoms with Gasteiger partial charge in [0.25, 0.3) is 0 Å². The van der Waals surface area contributed by atoms with E-state index in [1.807, 2.05) is 24.4 Å². The van der Waals surface area contributed by atoms with Crippen LogP contribution in [-0.2, 0) is 0 Å². The molecule has 5 heteroatoms. The van der Waals surface area contributed by atoms with E-state index in [4.69, 9.17) is 0 Å². The summed E-state index contributed by atoms with van der Waals surface area (Å²) < 4.78 is 0. The second kappa shape index (κ2) is 5.90. The van der Waals surface area contributed by atoms with E-state index in [0.29, 0.717) is 5.56 Å². The first-order valence-electron chi connectivity index (χ1n) is 7.02. The highest BCUT2D eigenvalue weighted by Crippen LogP contribution is 2.25.